The second kappa shape index (κ2) is 10.8. The smallest absolute Gasteiger partial charge is 0.155 e. The molecule has 0 saturated heterocycles. The number of hydrogen-bond donors (Lipinski definition) is 0. The van der Waals surface area contributed by atoms with Crippen molar-refractivity contribution < 1.29 is 4.42 Å². The van der Waals surface area contributed by atoms with Crippen LogP contribution in [-0.2, 0) is 0 Å². The summed E-state index contributed by atoms with van der Waals surface area (Å²) in [7, 11) is 0. The zero-order valence-corrected chi connectivity index (χ0v) is 25.0. The predicted molar refractivity (Wildman–Crippen MR) is 192 cm³/mol. The van der Waals surface area contributed by atoms with Crippen LogP contribution in [0, 0.1) is 0 Å². The number of pyridine rings is 1. The number of rotatable bonds is 5. The third-order valence-electron chi connectivity index (χ3n) is 8.93. The first-order valence-corrected chi connectivity index (χ1v) is 15.5. The number of aromatic nitrogens is 1. The maximum absolute atomic E-state index is 6.58. The highest BCUT2D eigenvalue weighted by molar-refractivity contribution is 6.19. The van der Waals surface area contributed by atoms with E-state index >= 15 is 0 Å². The van der Waals surface area contributed by atoms with Gasteiger partial charge >= 0.3 is 0 Å². The van der Waals surface area contributed by atoms with Crippen LogP contribution >= 0.6 is 0 Å². The Morgan fingerprint density at radius 2 is 1.13 bits per heavy atom. The first kappa shape index (κ1) is 26.2. The Kier molecular flexibility index (Phi) is 6.14. The molecule has 0 saturated carbocycles. The first-order valence-electron chi connectivity index (χ1n) is 15.5. The molecule has 3 heteroatoms. The van der Waals surface area contributed by atoms with Gasteiger partial charge < -0.3 is 9.32 Å². The van der Waals surface area contributed by atoms with Crippen molar-refractivity contribution in [3.63, 3.8) is 0 Å². The molecule has 0 fully saturated rings. The van der Waals surface area contributed by atoms with Gasteiger partial charge in [0.15, 0.2) is 5.58 Å². The highest BCUT2D eigenvalue weighted by Crippen LogP contribution is 2.46. The zero-order valence-electron chi connectivity index (χ0n) is 25.0. The van der Waals surface area contributed by atoms with Crippen LogP contribution in [-0.4, -0.2) is 4.98 Å². The van der Waals surface area contributed by atoms with Gasteiger partial charge in [-0.2, -0.15) is 0 Å². The van der Waals surface area contributed by atoms with E-state index in [1.165, 1.54) is 21.9 Å². The predicted octanol–water partition coefficient (Wildman–Crippen LogP) is 12.1. The molecule has 2 aromatic heterocycles. The molecule has 2 heterocycles. The van der Waals surface area contributed by atoms with Gasteiger partial charge in [0.1, 0.15) is 5.58 Å². The lowest BCUT2D eigenvalue weighted by atomic mass is 9.98. The van der Waals surface area contributed by atoms with Gasteiger partial charge in [-0.3, -0.25) is 4.98 Å². The zero-order chi connectivity index (χ0) is 30.5. The van der Waals surface area contributed by atoms with Crippen LogP contribution in [0.4, 0.5) is 17.1 Å². The molecule has 3 nitrogen and oxygen atoms in total. The summed E-state index contributed by atoms with van der Waals surface area (Å²) in [5.74, 6) is 0. The molecule has 0 radical (unpaired) electrons. The van der Waals surface area contributed by atoms with Gasteiger partial charge in [-0.25, -0.2) is 0 Å². The average Bonchev–Trinajstić information content (AvgIpc) is 3.53. The number of para-hydroxylation sites is 1. The van der Waals surface area contributed by atoms with Crippen LogP contribution in [0.25, 0.3) is 65.7 Å². The SMILES string of the molecule is c1ccc(-c2ccc(N(c3ccccc3-c3ccc4ccccc4c3)c3cncc4oc5c6ccccc6ccc5c34)cc2)cc1. The van der Waals surface area contributed by atoms with Crippen molar-refractivity contribution in [2.24, 2.45) is 0 Å². The van der Waals surface area contributed by atoms with E-state index in [4.69, 9.17) is 9.40 Å². The number of benzene rings is 7. The molecule has 0 aliphatic rings. The summed E-state index contributed by atoms with van der Waals surface area (Å²) in [6, 6.07) is 55.9. The van der Waals surface area contributed by atoms with Crippen LogP contribution < -0.4 is 4.90 Å². The summed E-state index contributed by atoms with van der Waals surface area (Å²) in [6.07, 6.45) is 3.80. The molecular weight excluding hydrogens is 560 g/mol. The van der Waals surface area contributed by atoms with Gasteiger partial charge in [-0.05, 0) is 63.2 Å². The molecule has 0 spiro atoms. The standard InChI is InChI=1S/C43H28N2O/c1-2-10-29(11-3-1)31-20-23-35(24-21-31)45(39-17-9-8-15-36(39)34-19-18-30-12-4-5-14-33(30)26-34)40-27-44-28-41-42(40)38-25-22-32-13-6-7-16-37(32)43(38)46-41/h1-28H. The van der Waals surface area contributed by atoms with Crippen LogP contribution in [0.5, 0.6) is 0 Å². The minimum atomic E-state index is 0.762. The maximum atomic E-state index is 6.58. The van der Waals surface area contributed by atoms with Crippen LogP contribution in [0.3, 0.4) is 0 Å². The lowest BCUT2D eigenvalue weighted by molar-refractivity contribution is 0.670. The first-order chi connectivity index (χ1) is 22.8. The van der Waals surface area contributed by atoms with Gasteiger partial charge in [0.2, 0.25) is 0 Å². The summed E-state index contributed by atoms with van der Waals surface area (Å²) in [5, 5.41) is 6.79. The summed E-state index contributed by atoms with van der Waals surface area (Å²) in [5.41, 5.74) is 9.36. The topological polar surface area (TPSA) is 29.3 Å². The Morgan fingerprint density at radius 1 is 0.457 bits per heavy atom. The molecule has 7 aromatic carbocycles. The van der Waals surface area contributed by atoms with Crippen LogP contribution in [0.2, 0.25) is 0 Å². The molecule has 9 rings (SSSR count). The largest absolute Gasteiger partial charge is 0.454 e. The monoisotopic (exact) mass is 588 g/mol. The van der Waals surface area contributed by atoms with Crippen molar-refractivity contribution in [3.05, 3.63) is 170 Å². The second-order valence-corrected chi connectivity index (χ2v) is 11.6. The van der Waals surface area contributed by atoms with E-state index in [0.717, 1.165) is 60.9 Å². The van der Waals surface area contributed by atoms with Crippen LogP contribution in [0.1, 0.15) is 0 Å². The fourth-order valence-electron chi connectivity index (χ4n) is 6.72. The molecular formula is C43H28N2O. The Bertz CT molecular complexity index is 2530. The van der Waals surface area contributed by atoms with E-state index in [1.807, 2.05) is 12.4 Å². The van der Waals surface area contributed by atoms with E-state index in [9.17, 15) is 0 Å². The summed E-state index contributed by atoms with van der Waals surface area (Å²) < 4.78 is 6.58. The fraction of sp³-hybridized carbons (Fsp3) is 0. The normalized spacial score (nSPS) is 11.5. The van der Waals surface area contributed by atoms with Crippen molar-refractivity contribution >= 4 is 60.5 Å². The van der Waals surface area contributed by atoms with Crippen molar-refractivity contribution in [3.8, 4) is 22.3 Å². The number of nitrogens with zero attached hydrogens (tertiary/aromatic N) is 2. The van der Waals surface area contributed by atoms with Crippen LogP contribution in [0.15, 0.2) is 175 Å². The molecule has 0 unspecified atom stereocenters. The number of furan rings is 1. The van der Waals surface area contributed by atoms with E-state index < -0.39 is 0 Å². The van der Waals surface area contributed by atoms with Gasteiger partial charge in [0.05, 0.1) is 29.2 Å². The molecule has 0 amide bonds. The molecule has 0 aliphatic heterocycles. The highest BCUT2D eigenvalue weighted by Gasteiger charge is 2.23. The van der Waals surface area contributed by atoms with Crippen molar-refractivity contribution in [2.75, 3.05) is 4.90 Å². The molecule has 9 aromatic rings. The molecule has 46 heavy (non-hydrogen) atoms. The Hall–Kier alpha value is -6.19. The molecule has 216 valence electrons. The quantitative estimate of drug-likeness (QED) is 0.200. The third kappa shape index (κ3) is 4.33. The van der Waals surface area contributed by atoms with Crippen molar-refractivity contribution in [2.45, 2.75) is 0 Å². The number of hydrogen-bond acceptors (Lipinski definition) is 3. The average molecular weight is 589 g/mol. The minimum Gasteiger partial charge on any atom is -0.454 e. The van der Waals surface area contributed by atoms with E-state index in [1.54, 1.807) is 0 Å². The highest BCUT2D eigenvalue weighted by atomic mass is 16.3. The summed E-state index contributed by atoms with van der Waals surface area (Å²) in [6.45, 7) is 0. The van der Waals surface area contributed by atoms with Crippen molar-refractivity contribution in [1.29, 1.82) is 0 Å². The number of fused-ring (bicyclic) bond motifs is 6. The lowest BCUT2D eigenvalue weighted by Gasteiger charge is -2.28. The lowest BCUT2D eigenvalue weighted by Crippen LogP contribution is -2.12. The van der Waals surface area contributed by atoms with E-state index in [2.05, 4.69) is 163 Å². The van der Waals surface area contributed by atoms with Gasteiger partial charge in [0.25, 0.3) is 0 Å². The van der Waals surface area contributed by atoms with Gasteiger partial charge in [-0.1, -0.05) is 127 Å². The third-order valence-corrected chi connectivity index (χ3v) is 8.93. The molecule has 0 aliphatic carbocycles. The van der Waals surface area contributed by atoms with E-state index in [-0.39, 0.29) is 0 Å². The van der Waals surface area contributed by atoms with Crippen molar-refractivity contribution in [1.82, 2.24) is 4.98 Å². The van der Waals surface area contributed by atoms with E-state index in [0.29, 0.717) is 0 Å². The second-order valence-electron chi connectivity index (χ2n) is 11.6. The van der Waals surface area contributed by atoms with Gasteiger partial charge in [-0.15, -0.1) is 0 Å². The Balaban J connectivity index is 1.31. The Morgan fingerprint density at radius 3 is 2.00 bits per heavy atom. The minimum absolute atomic E-state index is 0.762. The number of anilines is 3. The van der Waals surface area contributed by atoms with Gasteiger partial charge in [0, 0.05) is 22.0 Å². The summed E-state index contributed by atoms with van der Waals surface area (Å²) >= 11 is 0. The maximum Gasteiger partial charge on any atom is 0.155 e. The molecule has 0 N–H and O–H groups in total. The fourth-order valence-corrected chi connectivity index (χ4v) is 6.72. The summed E-state index contributed by atoms with van der Waals surface area (Å²) in [4.78, 5) is 7.07. The Labute approximate surface area is 266 Å². The molecule has 0 bridgehead atoms. The molecule has 0 atom stereocenters.